The van der Waals surface area contributed by atoms with Crippen LogP contribution in [0.5, 0.6) is 0 Å². The van der Waals surface area contributed by atoms with Gasteiger partial charge in [0, 0.05) is 19.3 Å². The summed E-state index contributed by atoms with van der Waals surface area (Å²) in [5.41, 5.74) is 0. The zero-order chi connectivity index (χ0) is 52.9. The topological polar surface area (TPSA) is 78.9 Å². The maximum Gasteiger partial charge on any atom is 0.306 e. The van der Waals surface area contributed by atoms with Crippen molar-refractivity contribution in [2.45, 2.75) is 374 Å². The number of hydrogen-bond donors (Lipinski definition) is 0. The summed E-state index contributed by atoms with van der Waals surface area (Å²) in [5.74, 6) is -0.847. The van der Waals surface area contributed by atoms with Crippen LogP contribution < -0.4 is 0 Å². The highest BCUT2D eigenvalue weighted by Crippen LogP contribution is 2.18. The first kappa shape index (κ1) is 70.9. The number of ether oxygens (including phenoxy) is 3. The predicted octanol–water partition coefficient (Wildman–Crippen LogP) is 22.2. The van der Waals surface area contributed by atoms with E-state index in [1.165, 1.54) is 270 Å². The molecule has 0 spiro atoms. The van der Waals surface area contributed by atoms with Gasteiger partial charge in [0.25, 0.3) is 0 Å². The van der Waals surface area contributed by atoms with Gasteiger partial charge in [-0.05, 0) is 70.6 Å². The number of hydrogen-bond acceptors (Lipinski definition) is 6. The third-order valence-electron chi connectivity index (χ3n) is 14.9. The van der Waals surface area contributed by atoms with E-state index in [1.54, 1.807) is 0 Å². The monoisotopic (exact) mass is 1030 g/mol. The first-order valence-electron chi connectivity index (χ1n) is 32.8. The molecule has 430 valence electrons. The summed E-state index contributed by atoms with van der Waals surface area (Å²) in [4.78, 5) is 38.2. The highest BCUT2D eigenvalue weighted by molar-refractivity contribution is 5.71. The number of unbranched alkanes of at least 4 members (excludes halogenated alkanes) is 46. The second kappa shape index (κ2) is 62.4. The summed E-state index contributed by atoms with van der Waals surface area (Å²) < 4.78 is 16.9. The van der Waals surface area contributed by atoms with Crippen LogP contribution in [0.2, 0.25) is 0 Å². The summed E-state index contributed by atoms with van der Waals surface area (Å²) in [7, 11) is 0. The van der Waals surface area contributed by atoms with Gasteiger partial charge in [-0.3, -0.25) is 14.4 Å². The van der Waals surface area contributed by atoms with Gasteiger partial charge in [-0.2, -0.15) is 0 Å². The van der Waals surface area contributed by atoms with E-state index < -0.39 is 6.10 Å². The molecule has 0 saturated carbocycles. The number of carbonyl (C=O) groups excluding carboxylic acids is 3. The maximum absolute atomic E-state index is 12.9. The molecule has 0 aliphatic heterocycles. The molecule has 0 radical (unpaired) electrons. The Bertz CT molecular complexity index is 1180. The molecule has 6 heteroatoms. The molecule has 0 saturated heterocycles. The molecule has 1 atom stereocenters. The maximum atomic E-state index is 12.9. The number of esters is 3. The van der Waals surface area contributed by atoms with Crippen molar-refractivity contribution in [3.05, 3.63) is 24.3 Å². The van der Waals surface area contributed by atoms with Crippen molar-refractivity contribution in [3.63, 3.8) is 0 Å². The molecule has 0 aliphatic rings. The molecule has 0 aromatic rings. The van der Waals surface area contributed by atoms with Gasteiger partial charge >= 0.3 is 17.9 Å². The smallest absolute Gasteiger partial charge is 0.306 e. The quantitative estimate of drug-likeness (QED) is 0.0261. The highest BCUT2D eigenvalue weighted by atomic mass is 16.6. The van der Waals surface area contributed by atoms with Crippen molar-refractivity contribution >= 4 is 17.9 Å². The van der Waals surface area contributed by atoms with Gasteiger partial charge in [-0.1, -0.05) is 302 Å². The minimum atomic E-state index is -0.768. The van der Waals surface area contributed by atoms with Crippen molar-refractivity contribution < 1.29 is 28.6 Å². The lowest BCUT2D eigenvalue weighted by atomic mass is 10.0. The van der Waals surface area contributed by atoms with Gasteiger partial charge in [-0.15, -0.1) is 0 Å². The summed E-state index contributed by atoms with van der Waals surface area (Å²) in [6, 6.07) is 0. The van der Waals surface area contributed by atoms with Gasteiger partial charge < -0.3 is 14.2 Å². The van der Waals surface area contributed by atoms with E-state index in [-0.39, 0.29) is 31.1 Å². The molecular formula is C67H126O6. The number of rotatable bonds is 61. The Kier molecular flexibility index (Phi) is 60.6. The van der Waals surface area contributed by atoms with Crippen molar-refractivity contribution in [1.82, 2.24) is 0 Å². The molecule has 0 bridgehead atoms. The standard InChI is InChI=1S/C67H126O6/c1-4-7-10-13-16-19-21-23-25-27-29-30-31-32-33-34-35-36-38-39-41-43-45-48-51-54-57-60-66(69)72-63-64(62-71-65(68)59-56-53-50-47-18-15-12-9-6-3)73-67(70)61-58-55-52-49-46-44-42-40-37-28-26-24-22-20-17-14-11-8-5-2/h24,26-27,29,64H,4-23,25,28,30-63H2,1-3H3/b26-24-,29-27-. The van der Waals surface area contributed by atoms with E-state index >= 15 is 0 Å². The lowest BCUT2D eigenvalue weighted by Gasteiger charge is -2.18. The molecule has 1 unspecified atom stereocenters. The molecular weight excluding hydrogens is 901 g/mol. The zero-order valence-corrected chi connectivity index (χ0v) is 49.4. The van der Waals surface area contributed by atoms with Crippen molar-refractivity contribution in [1.29, 1.82) is 0 Å². The van der Waals surface area contributed by atoms with Crippen LogP contribution in [0.15, 0.2) is 24.3 Å². The molecule has 0 N–H and O–H groups in total. The molecule has 0 aromatic carbocycles. The molecule has 0 heterocycles. The van der Waals surface area contributed by atoms with E-state index in [0.29, 0.717) is 19.3 Å². The first-order chi connectivity index (χ1) is 36.0. The second-order valence-corrected chi connectivity index (χ2v) is 22.4. The van der Waals surface area contributed by atoms with Crippen LogP contribution in [0.3, 0.4) is 0 Å². The van der Waals surface area contributed by atoms with Crippen LogP contribution in [-0.4, -0.2) is 37.2 Å². The van der Waals surface area contributed by atoms with Gasteiger partial charge in [-0.25, -0.2) is 0 Å². The fraction of sp³-hybridized carbons (Fsp3) is 0.896. The molecule has 0 aliphatic carbocycles. The first-order valence-corrected chi connectivity index (χ1v) is 32.8. The van der Waals surface area contributed by atoms with Gasteiger partial charge in [0.1, 0.15) is 13.2 Å². The Morgan fingerprint density at radius 2 is 0.452 bits per heavy atom. The third kappa shape index (κ3) is 60.6. The van der Waals surface area contributed by atoms with Crippen molar-refractivity contribution in [2.24, 2.45) is 0 Å². The van der Waals surface area contributed by atoms with Gasteiger partial charge in [0.2, 0.25) is 0 Å². The molecule has 0 fully saturated rings. The fourth-order valence-corrected chi connectivity index (χ4v) is 9.97. The predicted molar refractivity (Wildman–Crippen MR) is 316 cm³/mol. The van der Waals surface area contributed by atoms with E-state index in [0.717, 1.165) is 57.8 Å². The summed E-state index contributed by atoms with van der Waals surface area (Å²) in [6.07, 6.45) is 74.9. The average molecular weight is 1030 g/mol. The van der Waals surface area contributed by atoms with Crippen LogP contribution in [0.1, 0.15) is 367 Å². The zero-order valence-electron chi connectivity index (χ0n) is 49.4. The Labute approximate surface area is 455 Å². The van der Waals surface area contributed by atoms with Crippen molar-refractivity contribution in [3.8, 4) is 0 Å². The van der Waals surface area contributed by atoms with Crippen LogP contribution >= 0.6 is 0 Å². The highest BCUT2D eigenvalue weighted by Gasteiger charge is 2.19. The minimum Gasteiger partial charge on any atom is -0.462 e. The number of carbonyl (C=O) groups is 3. The third-order valence-corrected chi connectivity index (χ3v) is 14.9. The summed E-state index contributed by atoms with van der Waals surface area (Å²) >= 11 is 0. The largest absolute Gasteiger partial charge is 0.462 e. The lowest BCUT2D eigenvalue weighted by Crippen LogP contribution is -2.30. The Morgan fingerprint density at radius 3 is 0.685 bits per heavy atom. The van der Waals surface area contributed by atoms with Crippen molar-refractivity contribution in [2.75, 3.05) is 13.2 Å². The Balaban J connectivity index is 4.12. The number of allylic oxidation sites excluding steroid dienone is 4. The molecule has 0 amide bonds. The van der Waals surface area contributed by atoms with Crippen LogP contribution in [0.4, 0.5) is 0 Å². The lowest BCUT2D eigenvalue weighted by molar-refractivity contribution is -0.167. The minimum absolute atomic E-state index is 0.0668. The van der Waals surface area contributed by atoms with Crippen LogP contribution in [0.25, 0.3) is 0 Å². The molecule has 6 nitrogen and oxygen atoms in total. The van der Waals surface area contributed by atoms with Gasteiger partial charge in [0.15, 0.2) is 6.10 Å². The Hall–Kier alpha value is -2.11. The van der Waals surface area contributed by atoms with Gasteiger partial charge in [0.05, 0.1) is 0 Å². The SMILES string of the molecule is CCCCCCCC/C=C\CCCCCCCCCCCC(=O)OC(COC(=O)CCCCCCCCCCC)COC(=O)CCCCCCCCCCCCCCCCC/C=C\CCCCCCCCCC. The fourth-order valence-electron chi connectivity index (χ4n) is 9.97. The summed E-state index contributed by atoms with van der Waals surface area (Å²) in [6.45, 7) is 6.68. The molecule has 73 heavy (non-hydrogen) atoms. The second-order valence-electron chi connectivity index (χ2n) is 22.4. The van der Waals surface area contributed by atoms with E-state index in [1.807, 2.05) is 0 Å². The van der Waals surface area contributed by atoms with Crippen LogP contribution in [-0.2, 0) is 28.6 Å². The molecule has 0 aromatic heterocycles. The van der Waals surface area contributed by atoms with Crippen LogP contribution in [0, 0.1) is 0 Å². The average Bonchev–Trinajstić information content (AvgIpc) is 3.39. The van der Waals surface area contributed by atoms with E-state index in [4.69, 9.17) is 14.2 Å². The molecule has 0 rings (SSSR count). The summed E-state index contributed by atoms with van der Waals surface area (Å²) in [5, 5.41) is 0. The van der Waals surface area contributed by atoms with E-state index in [9.17, 15) is 14.4 Å². The van der Waals surface area contributed by atoms with E-state index in [2.05, 4.69) is 45.1 Å². The normalized spacial score (nSPS) is 12.1. The Morgan fingerprint density at radius 1 is 0.260 bits per heavy atom.